The first-order valence-corrected chi connectivity index (χ1v) is 10.6. The number of morpholine rings is 1. The zero-order valence-corrected chi connectivity index (χ0v) is 17.2. The number of nitrogens with one attached hydrogen (secondary N) is 1. The van der Waals surface area contributed by atoms with Gasteiger partial charge in [-0.05, 0) is 53.6 Å². The van der Waals surface area contributed by atoms with Crippen LogP contribution in [-0.4, -0.2) is 46.8 Å². The van der Waals surface area contributed by atoms with Crippen molar-refractivity contribution in [1.82, 2.24) is 14.6 Å². The number of carbonyl (C=O) groups is 1. The van der Waals surface area contributed by atoms with Gasteiger partial charge in [-0.15, -0.1) is 0 Å². The number of aromatic nitrogens is 3. The van der Waals surface area contributed by atoms with E-state index in [4.69, 9.17) is 9.84 Å². The summed E-state index contributed by atoms with van der Waals surface area (Å²) in [7, 11) is 0. The number of rotatable bonds is 3. The van der Waals surface area contributed by atoms with Gasteiger partial charge in [-0.3, -0.25) is 4.79 Å². The number of benzene rings is 2. The van der Waals surface area contributed by atoms with E-state index >= 15 is 0 Å². The monoisotopic (exact) mass is 429 g/mol. The van der Waals surface area contributed by atoms with Gasteiger partial charge in [0, 0.05) is 36.1 Å². The Bertz CT molecular complexity index is 1340. The first-order chi connectivity index (χ1) is 15.7. The molecule has 7 nitrogen and oxygen atoms in total. The van der Waals surface area contributed by atoms with E-state index in [-0.39, 0.29) is 11.7 Å². The van der Waals surface area contributed by atoms with Crippen molar-refractivity contribution in [2.75, 3.05) is 36.5 Å². The molecule has 0 unspecified atom stereocenters. The van der Waals surface area contributed by atoms with E-state index in [0.29, 0.717) is 19.6 Å². The van der Waals surface area contributed by atoms with Crippen molar-refractivity contribution in [3.8, 4) is 22.4 Å². The molecule has 1 N–H and O–H groups in total. The van der Waals surface area contributed by atoms with Gasteiger partial charge in [-0.25, -0.2) is 9.37 Å². The first kappa shape index (κ1) is 18.9. The molecule has 0 spiro atoms. The van der Waals surface area contributed by atoms with Crippen LogP contribution in [0.25, 0.3) is 27.9 Å². The molecule has 4 heterocycles. The summed E-state index contributed by atoms with van der Waals surface area (Å²) < 4.78 is 21.0. The highest BCUT2D eigenvalue weighted by Crippen LogP contribution is 2.38. The van der Waals surface area contributed by atoms with Gasteiger partial charge in [0.25, 0.3) is 0 Å². The Morgan fingerprint density at radius 1 is 1.00 bits per heavy atom. The average Bonchev–Trinajstić information content (AvgIpc) is 3.39. The lowest BCUT2D eigenvalue weighted by Crippen LogP contribution is -2.38. The number of ether oxygens (including phenoxy) is 1. The zero-order valence-electron chi connectivity index (χ0n) is 17.2. The molecule has 2 aliphatic heterocycles. The molecule has 0 aliphatic carbocycles. The smallest absolute Gasteiger partial charge is 0.228 e. The largest absolute Gasteiger partial charge is 0.378 e. The summed E-state index contributed by atoms with van der Waals surface area (Å²) in [6.07, 6.45) is 2.15. The van der Waals surface area contributed by atoms with E-state index in [1.165, 1.54) is 12.1 Å². The third-order valence-electron chi connectivity index (χ3n) is 5.96. The third-order valence-corrected chi connectivity index (χ3v) is 5.96. The lowest BCUT2D eigenvalue weighted by Gasteiger charge is -2.27. The molecule has 2 aromatic heterocycles. The fourth-order valence-corrected chi connectivity index (χ4v) is 4.42. The lowest BCUT2D eigenvalue weighted by atomic mass is 9.97. The van der Waals surface area contributed by atoms with Crippen LogP contribution in [0.2, 0.25) is 0 Å². The van der Waals surface area contributed by atoms with Crippen LogP contribution in [0.1, 0.15) is 5.56 Å². The average molecular weight is 429 g/mol. The SMILES string of the molecule is O=C1Cc2cc(-c3c(-c4ccc(F)cc4)nn4c(N5CCOCC5)nccc34)ccc2N1. The number of nitrogens with zero attached hydrogens (tertiary/aromatic N) is 4. The van der Waals surface area contributed by atoms with E-state index in [1.54, 1.807) is 18.3 Å². The van der Waals surface area contributed by atoms with Gasteiger partial charge >= 0.3 is 0 Å². The highest BCUT2D eigenvalue weighted by Gasteiger charge is 2.24. The molecular formula is C24H20FN5O2. The van der Waals surface area contributed by atoms with Crippen LogP contribution >= 0.6 is 0 Å². The van der Waals surface area contributed by atoms with Crippen molar-refractivity contribution >= 4 is 23.1 Å². The summed E-state index contributed by atoms with van der Waals surface area (Å²) in [6.45, 7) is 2.76. The maximum absolute atomic E-state index is 13.6. The Balaban J connectivity index is 1.58. The van der Waals surface area contributed by atoms with Gasteiger partial charge in [-0.1, -0.05) is 6.07 Å². The Labute approximate surface area is 183 Å². The van der Waals surface area contributed by atoms with E-state index in [0.717, 1.165) is 58.2 Å². The summed E-state index contributed by atoms with van der Waals surface area (Å²) in [5, 5.41) is 7.82. The fourth-order valence-electron chi connectivity index (χ4n) is 4.42. The van der Waals surface area contributed by atoms with Crippen molar-refractivity contribution in [3.63, 3.8) is 0 Å². The van der Waals surface area contributed by atoms with Crippen LogP contribution in [-0.2, 0) is 16.0 Å². The van der Waals surface area contributed by atoms with Gasteiger partial charge in [0.15, 0.2) is 0 Å². The van der Waals surface area contributed by atoms with Crippen LogP contribution in [0, 0.1) is 5.82 Å². The molecule has 0 saturated carbocycles. The molecule has 32 heavy (non-hydrogen) atoms. The number of amides is 1. The summed E-state index contributed by atoms with van der Waals surface area (Å²) in [6, 6.07) is 14.2. The summed E-state index contributed by atoms with van der Waals surface area (Å²) in [5.74, 6) is 0.449. The minimum atomic E-state index is -0.295. The van der Waals surface area contributed by atoms with Crippen LogP contribution in [0.15, 0.2) is 54.7 Å². The standard InChI is InChI=1S/C24H20FN5O2/c25-18-4-1-15(2-5-18)23-22(16-3-6-19-17(13-16)14-21(31)27-19)20-7-8-26-24(30(20)28-23)29-9-11-32-12-10-29/h1-8,13H,9-12,14H2,(H,27,31). The van der Waals surface area contributed by atoms with Crippen LogP contribution < -0.4 is 10.2 Å². The van der Waals surface area contributed by atoms with Crippen molar-refractivity contribution in [2.45, 2.75) is 6.42 Å². The quantitative estimate of drug-likeness (QED) is 0.540. The first-order valence-electron chi connectivity index (χ1n) is 10.6. The minimum absolute atomic E-state index is 0.00502. The molecule has 4 aromatic rings. The van der Waals surface area contributed by atoms with Gasteiger partial charge in [-0.2, -0.15) is 9.61 Å². The molecule has 0 atom stereocenters. The van der Waals surface area contributed by atoms with Gasteiger partial charge in [0.1, 0.15) is 11.5 Å². The second kappa shape index (κ2) is 7.42. The Hall–Kier alpha value is -3.78. The number of hydrogen-bond donors (Lipinski definition) is 1. The predicted molar refractivity (Wildman–Crippen MR) is 119 cm³/mol. The topological polar surface area (TPSA) is 71.8 Å². The molecule has 8 heteroatoms. The number of fused-ring (bicyclic) bond motifs is 2. The van der Waals surface area contributed by atoms with Crippen molar-refractivity contribution < 1.29 is 13.9 Å². The fraction of sp³-hybridized carbons (Fsp3) is 0.208. The molecule has 2 aliphatic rings. The van der Waals surface area contributed by atoms with E-state index < -0.39 is 0 Å². The molecule has 0 bridgehead atoms. The molecule has 1 amide bonds. The third kappa shape index (κ3) is 3.11. The molecule has 2 aromatic carbocycles. The van der Waals surface area contributed by atoms with Crippen molar-refractivity contribution in [2.24, 2.45) is 0 Å². The zero-order chi connectivity index (χ0) is 21.7. The number of hydrogen-bond acceptors (Lipinski definition) is 5. The molecule has 0 radical (unpaired) electrons. The Morgan fingerprint density at radius 2 is 1.78 bits per heavy atom. The maximum atomic E-state index is 13.6. The summed E-state index contributed by atoms with van der Waals surface area (Å²) >= 11 is 0. The van der Waals surface area contributed by atoms with Gasteiger partial charge in [0.05, 0.1) is 25.2 Å². The van der Waals surface area contributed by atoms with Crippen molar-refractivity contribution in [1.29, 1.82) is 0 Å². The minimum Gasteiger partial charge on any atom is -0.378 e. The number of halogens is 1. The lowest BCUT2D eigenvalue weighted by molar-refractivity contribution is -0.115. The highest BCUT2D eigenvalue weighted by molar-refractivity contribution is 6.01. The van der Waals surface area contributed by atoms with E-state index in [9.17, 15) is 9.18 Å². The molecule has 1 fully saturated rings. The highest BCUT2D eigenvalue weighted by atomic mass is 19.1. The Morgan fingerprint density at radius 3 is 2.59 bits per heavy atom. The molecule has 6 rings (SSSR count). The summed E-state index contributed by atoms with van der Waals surface area (Å²) in [5.41, 5.74) is 6.13. The van der Waals surface area contributed by atoms with Crippen LogP contribution in [0.3, 0.4) is 0 Å². The maximum Gasteiger partial charge on any atom is 0.228 e. The second-order valence-electron chi connectivity index (χ2n) is 7.97. The van der Waals surface area contributed by atoms with Crippen LogP contribution in [0.5, 0.6) is 0 Å². The second-order valence-corrected chi connectivity index (χ2v) is 7.97. The number of carbonyl (C=O) groups excluding carboxylic acids is 1. The summed E-state index contributed by atoms with van der Waals surface area (Å²) in [4.78, 5) is 18.6. The van der Waals surface area contributed by atoms with Gasteiger partial charge < -0.3 is 15.0 Å². The molecule has 160 valence electrons. The van der Waals surface area contributed by atoms with E-state index in [2.05, 4.69) is 15.2 Å². The van der Waals surface area contributed by atoms with E-state index in [1.807, 2.05) is 28.8 Å². The van der Waals surface area contributed by atoms with Gasteiger partial charge in [0.2, 0.25) is 11.9 Å². The predicted octanol–water partition coefficient (Wildman–Crippen LogP) is 3.53. The number of anilines is 2. The Kier molecular flexibility index (Phi) is 4.39. The van der Waals surface area contributed by atoms with Crippen molar-refractivity contribution in [3.05, 3.63) is 66.1 Å². The molecular weight excluding hydrogens is 409 g/mol. The molecule has 1 saturated heterocycles. The normalized spacial score (nSPS) is 15.8. The van der Waals surface area contributed by atoms with Crippen LogP contribution in [0.4, 0.5) is 16.0 Å².